The summed E-state index contributed by atoms with van der Waals surface area (Å²) in [5.74, 6) is -0.228. The minimum atomic E-state index is -4.21. The lowest BCUT2D eigenvalue weighted by Crippen LogP contribution is -2.30. The van der Waals surface area contributed by atoms with Crippen LogP contribution < -0.4 is 0 Å². The minimum absolute atomic E-state index is 0.0793. The van der Waals surface area contributed by atoms with Crippen molar-refractivity contribution in [2.24, 2.45) is 0 Å². The third-order valence-electron chi connectivity index (χ3n) is 1.46. The number of hydrogen-bond donors (Lipinski definition) is 0. The lowest BCUT2D eigenvalue weighted by molar-refractivity contribution is -0.143. The molecule has 0 unspecified atom stereocenters. The Bertz CT molecular complexity index is 172. The molecule has 0 heterocycles. The summed E-state index contributed by atoms with van der Waals surface area (Å²) in [7, 11) is 1.33. The molecule has 78 valence electrons. The van der Waals surface area contributed by atoms with Crippen LogP contribution in [0.3, 0.4) is 0 Å². The summed E-state index contributed by atoms with van der Waals surface area (Å²) < 4.78 is 35.1. The van der Waals surface area contributed by atoms with E-state index in [0.29, 0.717) is 0 Å². The molecule has 0 aromatic heterocycles. The Kier molecular flexibility index (Phi) is 5.13. The van der Waals surface area contributed by atoms with Gasteiger partial charge in [-0.25, -0.2) is 0 Å². The molecule has 0 aliphatic heterocycles. The van der Waals surface area contributed by atoms with Gasteiger partial charge in [-0.05, 0) is 0 Å². The van der Waals surface area contributed by atoms with E-state index in [1.807, 2.05) is 0 Å². The molecule has 0 aromatic carbocycles. The number of hydrogen-bond acceptors (Lipinski definition) is 1. The van der Waals surface area contributed by atoms with Gasteiger partial charge in [0.2, 0.25) is 5.91 Å². The van der Waals surface area contributed by atoms with Gasteiger partial charge in [0, 0.05) is 25.9 Å². The maximum atomic E-state index is 11.7. The molecule has 13 heavy (non-hydrogen) atoms. The number of carbonyl (C=O) groups is 1. The third-order valence-corrected chi connectivity index (χ3v) is 1.65. The van der Waals surface area contributed by atoms with Gasteiger partial charge >= 0.3 is 6.18 Å². The number of carbonyl (C=O) groups excluding carboxylic acids is 1. The molecule has 1 amide bonds. The smallest absolute Gasteiger partial charge is 0.345 e. The largest absolute Gasteiger partial charge is 0.390 e. The summed E-state index contributed by atoms with van der Waals surface area (Å²) in [6.45, 7) is -0.306. The molecule has 0 aliphatic carbocycles. The Balaban J connectivity index is 3.74. The van der Waals surface area contributed by atoms with Gasteiger partial charge in [0.25, 0.3) is 0 Å². The summed E-state index contributed by atoms with van der Waals surface area (Å²) in [5.41, 5.74) is 0. The van der Waals surface area contributed by atoms with Crippen LogP contribution in [0.2, 0.25) is 0 Å². The maximum Gasteiger partial charge on any atom is 0.390 e. The van der Waals surface area contributed by atoms with Crippen LogP contribution in [-0.2, 0) is 4.79 Å². The first-order valence-corrected chi connectivity index (χ1v) is 4.27. The zero-order chi connectivity index (χ0) is 10.5. The topological polar surface area (TPSA) is 20.3 Å². The normalized spacial score (nSPS) is 11.5. The molecule has 0 spiro atoms. The molecule has 0 rings (SSSR count). The highest BCUT2D eigenvalue weighted by Crippen LogP contribution is 2.19. The van der Waals surface area contributed by atoms with Crippen LogP contribution >= 0.6 is 11.6 Å². The van der Waals surface area contributed by atoms with Crippen molar-refractivity contribution in [3.05, 3.63) is 0 Å². The first-order chi connectivity index (χ1) is 5.87. The fourth-order valence-electron chi connectivity index (χ4n) is 0.691. The molecule has 0 aromatic rings. The van der Waals surface area contributed by atoms with Gasteiger partial charge in [-0.3, -0.25) is 4.79 Å². The molecule has 0 aliphatic rings. The van der Waals surface area contributed by atoms with E-state index in [1.165, 1.54) is 7.05 Å². The monoisotopic (exact) mass is 217 g/mol. The van der Waals surface area contributed by atoms with Crippen LogP contribution in [0.15, 0.2) is 0 Å². The molecule has 0 radical (unpaired) electrons. The lowest BCUT2D eigenvalue weighted by Gasteiger charge is -2.17. The van der Waals surface area contributed by atoms with Crippen molar-refractivity contribution in [2.75, 3.05) is 19.5 Å². The van der Waals surface area contributed by atoms with E-state index in [2.05, 4.69) is 0 Å². The predicted molar refractivity (Wildman–Crippen MR) is 43.6 cm³/mol. The van der Waals surface area contributed by atoms with Crippen LogP contribution in [0, 0.1) is 0 Å². The predicted octanol–water partition coefficient (Wildman–Crippen LogP) is 2.03. The van der Waals surface area contributed by atoms with Crippen LogP contribution in [0.5, 0.6) is 0 Å². The molecule has 2 nitrogen and oxygen atoms in total. The van der Waals surface area contributed by atoms with E-state index >= 15 is 0 Å². The number of rotatable bonds is 4. The van der Waals surface area contributed by atoms with E-state index in [0.717, 1.165) is 4.90 Å². The average Bonchev–Trinajstić information content (AvgIpc) is 1.99. The minimum Gasteiger partial charge on any atom is -0.345 e. The SMILES string of the molecule is CN(CCC(F)(F)F)C(=O)CCCl. The summed E-state index contributed by atoms with van der Waals surface area (Å²) in [6.07, 6.45) is -5.11. The summed E-state index contributed by atoms with van der Waals surface area (Å²) in [4.78, 5) is 12.0. The van der Waals surface area contributed by atoms with Gasteiger partial charge in [-0.1, -0.05) is 0 Å². The molecular weight excluding hydrogens is 207 g/mol. The lowest BCUT2D eigenvalue weighted by atomic mass is 10.3. The summed E-state index contributed by atoms with van der Waals surface area (Å²) in [5, 5.41) is 0. The van der Waals surface area contributed by atoms with Crippen LogP contribution in [0.4, 0.5) is 13.2 Å². The summed E-state index contributed by atoms with van der Waals surface area (Å²) >= 11 is 5.26. The van der Waals surface area contributed by atoms with Gasteiger partial charge in [0.1, 0.15) is 0 Å². The zero-order valence-corrected chi connectivity index (χ0v) is 7.95. The standard InChI is InChI=1S/C7H11ClF3NO/c1-12(6(13)2-4-8)5-3-7(9,10)11/h2-5H2,1H3. The Hall–Kier alpha value is -0.450. The number of nitrogens with zero attached hydrogens (tertiary/aromatic N) is 1. The first-order valence-electron chi connectivity index (χ1n) is 3.73. The molecule has 0 atom stereocenters. The Morgan fingerprint density at radius 3 is 2.38 bits per heavy atom. The van der Waals surface area contributed by atoms with Crippen molar-refractivity contribution in [1.82, 2.24) is 4.90 Å². The molecule has 0 bridgehead atoms. The van der Waals surface area contributed by atoms with E-state index in [1.54, 1.807) is 0 Å². The highest BCUT2D eigenvalue weighted by molar-refractivity contribution is 6.18. The highest BCUT2D eigenvalue weighted by atomic mass is 35.5. The Morgan fingerprint density at radius 2 is 2.00 bits per heavy atom. The van der Waals surface area contributed by atoms with Gasteiger partial charge in [-0.15, -0.1) is 11.6 Å². The van der Waals surface area contributed by atoms with E-state index < -0.39 is 12.6 Å². The second kappa shape index (κ2) is 5.32. The van der Waals surface area contributed by atoms with Crippen LogP contribution in [-0.4, -0.2) is 36.5 Å². The van der Waals surface area contributed by atoms with Crippen molar-refractivity contribution in [2.45, 2.75) is 19.0 Å². The second-order valence-corrected chi connectivity index (χ2v) is 3.00. The fourth-order valence-corrected chi connectivity index (χ4v) is 0.853. The summed E-state index contributed by atoms with van der Waals surface area (Å²) in [6, 6.07) is 0. The number of amides is 1. The molecular formula is C7H11ClF3NO. The number of halogens is 4. The van der Waals surface area contributed by atoms with Crippen molar-refractivity contribution < 1.29 is 18.0 Å². The second-order valence-electron chi connectivity index (χ2n) is 2.62. The molecule has 6 heteroatoms. The molecule has 0 fully saturated rings. The van der Waals surface area contributed by atoms with E-state index in [-0.39, 0.29) is 24.8 Å². The third kappa shape index (κ3) is 6.69. The van der Waals surface area contributed by atoms with Gasteiger partial charge in [-0.2, -0.15) is 13.2 Å². The van der Waals surface area contributed by atoms with Crippen LogP contribution in [0.25, 0.3) is 0 Å². The van der Waals surface area contributed by atoms with Crippen molar-refractivity contribution in [3.63, 3.8) is 0 Å². The van der Waals surface area contributed by atoms with E-state index in [4.69, 9.17) is 11.6 Å². The van der Waals surface area contributed by atoms with Gasteiger partial charge in [0.15, 0.2) is 0 Å². The molecule has 0 saturated carbocycles. The average molecular weight is 218 g/mol. The molecule has 0 saturated heterocycles. The fraction of sp³-hybridized carbons (Fsp3) is 0.857. The van der Waals surface area contributed by atoms with Gasteiger partial charge in [0.05, 0.1) is 6.42 Å². The van der Waals surface area contributed by atoms with Crippen molar-refractivity contribution >= 4 is 17.5 Å². The quantitative estimate of drug-likeness (QED) is 0.660. The highest BCUT2D eigenvalue weighted by Gasteiger charge is 2.27. The van der Waals surface area contributed by atoms with Crippen LogP contribution in [0.1, 0.15) is 12.8 Å². The van der Waals surface area contributed by atoms with Crippen molar-refractivity contribution in [1.29, 1.82) is 0 Å². The Morgan fingerprint density at radius 1 is 1.46 bits per heavy atom. The Labute approximate surface area is 79.7 Å². The number of alkyl halides is 4. The molecule has 0 N–H and O–H groups in total. The maximum absolute atomic E-state index is 11.7. The zero-order valence-electron chi connectivity index (χ0n) is 7.20. The van der Waals surface area contributed by atoms with E-state index in [9.17, 15) is 18.0 Å². The van der Waals surface area contributed by atoms with Crippen molar-refractivity contribution in [3.8, 4) is 0 Å². The first kappa shape index (κ1) is 12.6. The van der Waals surface area contributed by atoms with Gasteiger partial charge < -0.3 is 4.90 Å².